The van der Waals surface area contributed by atoms with Gasteiger partial charge < -0.3 is 15.0 Å². The van der Waals surface area contributed by atoms with Gasteiger partial charge in [-0.3, -0.25) is 9.59 Å². The average Bonchev–Trinajstić information content (AvgIpc) is 3.04. The Morgan fingerprint density at radius 2 is 1.85 bits per heavy atom. The second-order valence-corrected chi connectivity index (χ2v) is 6.32. The van der Waals surface area contributed by atoms with Crippen LogP contribution in [-0.4, -0.2) is 31.4 Å². The van der Waals surface area contributed by atoms with Crippen molar-refractivity contribution in [2.24, 2.45) is 5.92 Å². The van der Waals surface area contributed by atoms with Crippen LogP contribution in [0.1, 0.15) is 16.8 Å². The van der Waals surface area contributed by atoms with Crippen LogP contribution in [0.25, 0.3) is 0 Å². The molecule has 1 aliphatic rings. The normalized spacial score (nSPS) is 16.5. The Morgan fingerprint density at radius 3 is 2.50 bits per heavy atom. The van der Waals surface area contributed by atoms with Gasteiger partial charge in [0.1, 0.15) is 0 Å². The van der Waals surface area contributed by atoms with Crippen molar-refractivity contribution in [2.45, 2.75) is 6.42 Å². The molecule has 0 bridgehead atoms. The minimum atomic E-state index is -0.473. The van der Waals surface area contributed by atoms with Gasteiger partial charge in [0, 0.05) is 18.7 Å². The largest absolute Gasteiger partial charge is 0.465 e. The number of nitrogens with one attached hydrogen (secondary N) is 1. The third-order valence-corrected chi connectivity index (χ3v) is 4.53. The van der Waals surface area contributed by atoms with Crippen LogP contribution in [0.4, 0.5) is 11.4 Å². The van der Waals surface area contributed by atoms with E-state index in [9.17, 15) is 14.4 Å². The number of rotatable bonds is 4. The van der Waals surface area contributed by atoms with E-state index in [1.807, 2.05) is 0 Å². The second-order valence-electron chi connectivity index (χ2n) is 5.91. The molecule has 1 atom stereocenters. The lowest BCUT2D eigenvalue weighted by atomic mass is 10.1. The van der Waals surface area contributed by atoms with Gasteiger partial charge in [0.05, 0.1) is 29.3 Å². The first-order valence-electron chi connectivity index (χ1n) is 8.03. The highest BCUT2D eigenvalue weighted by atomic mass is 35.5. The molecule has 1 fully saturated rings. The van der Waals surface area contributed by atoms with E-state index in [0.29, 0.717) is 22.0 Å². The summed E-state index contributed by atoms with van der Waals surface area (Å²) < 4.78 is 4.63. The summed E-state index contributed by atoms with van der Waals surface area (Å²) in [6, 6.07) is 13.4. The molecule has 0 aliphatic carbocycles. The van der Waals surface area contributed by atoms with Gasteiger partial charge in [-0.05, 0) is 36.4 Å². The van der Waals surface area contributed by atoms with Crippen LogP contribution in [0.2, 0.25) is 5.02 Å². The number of amides is 2. The van der Waals surface area contributed by atoms with E-state index in [0.717, 1.165) is 0 Å². The molecule has 2 amide bonds. The highest BCUT2D eigenvalue weighted by Gasteiger charge is 2.35. The number of carbonyl (C=O) groups excluding carboxylic acids is 3. The van der Waals surface area contributed by atoms with E-state index >= 15 is 0 Å². The molecule has 1 heterocycles. The molecule has 2 aromatic carbocycles. The molecule has 1 unspecified atom stereocenters. The highest BCUT2D eigenvalue weighted by Crippen LogP contribution is 2.31. The predicted molar refractivity (Wildman–Crippen MR) is 98.3 cm³/mol. The first-order valence-corrected chi connectivity index (χ1v) is 8.41. The van der Waals surface area contributed by atoms with E-state index in [4.69, 9.17) is 11.6 Å². The molecule has 1 saturated heterocycles. The summed E-state index contributed by atoms with van der Waals surface area (Å²) in [6.07, 6.45) is 0.122. The molecule has 3 rings (SSSR count). The van der Waals surface area contributed by atoms with Crippen molar-refractivity contribution in [3.63, 3.8) is 0 Å². The Bertz CT molecular complexity index is 851. The zero-order valence-electron chi connectivity index (χ0n) is 14.1. The topological polar surface area (TPSA) is 75.7 Å². The monoisotopic (exact) mass is 372 g/mol. The zero-order chi connectivity index (χ0) is 18.7. The minimum absolute atomic E-state index is 0.122. The van der Waals surface area contributed by atoms with E-state index in [2.05, 4.69) is 10.1 Å². The quantitative estimate of drug-likeness (QED) is 0.837. The third kappa shape index (κ3) is 3.70. The number of halogens is 1. The Labute approximate surface area is 155 Å². The van der Waals surface area contributed by atoms with E-state index < -0.39 is 11.9 Å². The van der Waals surface area contributed by atoms with Crippen LogP contribution in [-0.2, 0) is 14.3 Å². The Kier molecular flexibility index (Phi) is 5.23. The van der Waals surface area contributed by atoms with Crippen LogP contribution in [0.5, 0.6) is 0 Å². The van der Waals surface area contributed by atoms with Gasteiger partial charge in [-0.2, -0.15) is 0 Å². The van der Waals surface area contributed by atoms with E-state index in [1.165, 1.54) is 12.0 Å². The molecule has 1 N–H and O–H groups in total. The molecule has 6 nitrogen and oxygen atoms in total. The molecule has 1 aliphatic heterocycles. The summed E-state index contributed by atoms with van der Waals surface area (Å²) in [7, 11) is 1.31. The third-order valence-electron chi connectivity index (χ3n) is 4.21. The Morgan fingerprint density at radius 1 is 1.15 bits per heavy atom. The maximum atomic E-state index is 12.5. The van der Waals surface area contributed by atoms with Gasteiger partial charge in [-0.25, -0.2) is 4.79 Å². The fourth-order valence-electron chi connectivity index (χ4n) is 2.84. The lowest BCUT2D eigenvalue weighted by molar-refractivity contribution is -0.122. The number of esters is 1. The van der Waals surface area contributed by atoms with E-state index in [1.54, 1.807) is 48.5 Å². The molecule has 26 heavy (non-hydrogen) atoms. The van der Waals surface area contributed by atoms with Gasteiger partial charge >= 0.3 is 5.97 Å². The van der Waals surface area contributed by atoms with E-state index in [-0.39, 0.29) is 24.8 Å². The van der Waals surface area contributed by atoms with Crippen LogP contribution in [0, 0.1) is 5.92 Å². The summed E-state index contributed by atoms with van der Waals surface area (Å²) in [4.78, 5) is 37.7. The van der Waals surface area contributed by atoms with Gasteiger partial charge in [0.2, 0.25) is 11.8 Å². The molecule has 0 radical (unpaired) electrons. The fraction of sp³-hybridized carbons (Fsp3) is 0.211. The van der Waals surface area contributed by atoms with Crippen molar-refractivity contribution >= 4 is 40.8 Å². The smallest absolute Gasteiger partial charge is 0.337 e. The number of methoxy groups -OCH3 is 1. The maximum absolute atomic E-state index is 12.5. The zero-order valence-corrected chi connectivity index (χ0v) is 14.8. The summed E-state index contributed by atoms with van der Waals surface area (Å²) in [6.45, 7) is 0.272. The number of anilines is 2. The summed E-state index contributed by atoms with van der Waals surface area (Å²) in [5.74, 6) is -1.31. The number of carbonyl (C=O) groups is 3. The van der Waals surface area contributed by atoms with Gasteiger partial charge in [0.25, 0.3) is 0 Å². The first kappa shape index (κ1) is 17.9. The summed E-state index contributed by atoms with van der Waals surface area (Å²) in [5.41, 5.74) is 1.55. The molecular formula is C19H17ClN2O4. The standard InChI is InChI=1S/C19H17ClN2O4/c1-26-19(25)12-6-8-14(9-7-12)21-18(24)13-10-17(23)22(11-13)16-5-3-2-4-15(16)20/h2-9,13H,10-11H2,1H3,(H,21,24). The maximum Gasteiger partial charge on any atom is 0.337 e. The van der Waals surface area contributed by atoms with Gasteiger partial charge in [-0.1, -0.05) is 23.7 Å². The lowest BCUT2D eigenvalue weighted by Crippen LogP contribution is -2.28. The number of benzene rings is 2. The molecule has 134 valence electrons. The Balaban J connectivity index is 1.67. The van der Waals surface area contributed by atoms with Crippen LogP contribution in [0.3, 0.4) is 0 Å². The molecule has 0 saturated carbocycles. The molecule has 0 spiro atoms. The van der Waals surface area contributed by atoms with Crippen molar-refractivity contribution in [1.82, 2.24) is 0 Å². The summed E-state index contributed by atoms with van der Waals surface area (Å²) in [5, 5.41) is 3.24. The molecule has 7 heteroatoms. The van der Waals surface area contributed by atoms with Gasteiger partial charge in [0.15, 0.2) is 0 Å². The highest BCUT2D eigenvalue weighted by molar-refractivity contribution is 6.33. The minimum Gasteiger partial charge on any atom is -0.465 e. The lowest BCUT2D eigenvalue weighted by Gasteiger charge is -2.18. The number of nitrogens with zero attached hydrogens (tertiary/aromatic N) is 1. The van der Waals surface area contributed by atoms with Crippen molar-refractivity contribution in [2.75, 3.05) is 23.9 Å². The van der Waals surface area contributed by atoms with Crippen LogP contribution < -0.4 is 10.2 Å². The summed E-state index contributed by atoms with van der Waals surface area (Å²) >= 11 is 6.15. The number of ether oxygens (including phenoxy) is 1. The average molecular weight is 373 g/mol. The van der Waals surface area contributed by atoms with Gasteiger partial charge in [-0.15, -0.1) is 0 Å². The predicted octanol–water partition coefficient (Wildman–Crippen LogP) is 3.12. The molecular weight excluding hydrogens is 356 g/mol. The first-order chi connectivity index (χ1) is 12.5. The number of hydrogen-bond donors (Lipinski definition) is 1. The van der Waals surface area contributed by atoms with Crippen molar-refractivity contribution in [3.05, 3.63) is 59.1 Å². The number of hydrogen-bond acceptors (Lipinski definition) is 4. The van der Waals surface area contributed by atoms with Crippen molar-refractivity contribution in [1.29, 1.82) is 0 Å². The van der Waals surface area contributed by atoms with Crippen LogP contribution >= 0.6 is 11.6 Å². The van der Waals surface area contributed by atoms with Crippen LogP contribution in [0.15, 0.2) is 48.5 Å². The van der Waals surface area contributed by atoms with Crippen molar-refractivity contribution < 1.29 is 19.1 Å². The SMILES string of the molecule is COC(=O)c1ccc(NC(=O)C2CC(=O)N(c3ccccc3Cl)C2)cc1. The fourth-order valence-corrected chi connectivity index (χ4v) is 3.08. The number of para-hydroxylation sites is 1. The molecule has 0 aromatic heterocycles. The van der Waals surface area contributed by atoms with Crippen molar-refractivity contribution in [3.8, 4) is 0 Å². The second kappa shape index (κ2) is 7.58. The molecule has 2 aromatic rings. The Hall–Kier alpha value is -2.86.